The van der Waals surface area contributed by atoms with E-state index in [0.29, 0.717) is 0 Å². The zero-order chi connectivity index (χ0) is 4.28. The summed E-state index contributed by atoms with van der Waals surface area (Å²) in [5.74, 6) is 0. The van der Waals surface area contributed by atoms with Crippen molar-refractivity contribution in [1.82, 2.24) is 0 Å². The molecular weight excluding hydrogens is 71.0 g/mol. The summed E-state index contributed by atoms with van der Waals surface area (Å²) in [4.78, 5) is 9.13. The van der Waals surface area contributed by atoms with Gasteiger partial charge < -0.3 is 4.79 Å². The molecule has 0 saturated heterocycles. The zero-order valence-electron chi connectivity index (χ0n) is 2.94. The van der Waals surface area contributed by atoms with Gasteiger partial charge in [0.05, 0.1) is 0 Å². The molecule has 0 bridgehead atoms. The van der Waals surface area contributed by atoms with Gasteiger partial charge in [-0.05, 0) is 6.92 Å². The van der Waals surface area contributed by atoms with E-state index >= 15 is 0 Å². The molecule has 30 valence electrons. The first kappa shape index (κ1) is 4.60. The fourth-order valence-electron chi connectivity index (χ4n) is 0. The van der Waals surface area contributed by atoms with Crippen molar-refractivity contribution in [2.75, 3.05) is 0 Å². The number of alkyl halides is 1. The molecule has 0 aromatic heterocycles. The second kappa shape index (κ2) is 1.88. The van der Waals surface area contributed by atoms with Crippen LogP contribution in [0.25, 0.3) is 0 Å². The molecule has 0 radical (unpaired) electrons. The number of carbonyl (C=O) groups is 1. The highest BCUT2D eigenvalue weighted by Crippen LogP contribution is 1.75. The molecule has 0 aliphatic carbocycles. The molecule has 0 unspecified atom stereocenters. The summed E-state index contributed by atoms with van der Waals surface area (Å²) in [6.45, 7) is 1.19. The van der Waals surface area contributed by atoms with Crippen molar-refractivity contribution >= 4 is 6.29 Å². The van der Waals surface area contributed by atoms with Crippen LogP contribution in [0, 0.1) is 0 Å². The average molecular weight is 76.1 g/mol. The minimum atomic E-state index is -1.30. The Morgan fingerprint density at radius 2 is 2.20 bits per heavy atom. The van der Waals surface area contributed by atoms with Crippen LogP contribution in [0.15, 0.2) is 0 Å². The third-order valence-corrected chi connectivity index (χ3v) is 0.188. The molecular formula is C3H5FO. The molecule has 1 atom stereocenters. The molecule has 0 amide bonds. The van der Waals surface area contributed by atoms with Crippen LogP contribution in [-0.4, -0.2) is 12.5 Å². The summed E-state index contributed by atoms with van der Waals surface area (Å²) in [5.41, 5.74) is 0. The fourth-order valence-corrected chi connectivity index (χ4v) is 0. The second-order valence-corrected chi connectivity index (χ2v) is 0.814. The monoisotopic (exact) mass is 76.0 g/mol. The summed E-state index contributed by atoms with van der Waals surface area (Å²) >= 11 is 0. The average Bonchev–Trinajstić information content (AvgIpc) is 1.38. The summed E-state index contributed by atoms with van der Waals surface area (Å²) in [5, 5.41) is 0. The van der Waals surface area contributed by atoms with Crippen molar-refractivity contribution in [2.45, 2.75) is 13.1 Å². The van der Waals surface area contributed by atoms with E-state index in [4.69, 9.17) is 4.79 Å². The van der Waals surface area contributed by atoms with Crippen molar-refractivity contribution in [3.8, 4) is 0 Å². The van der Waals surface area contributed by atoms with E-state index in [-0.39, 0.29) is 6.29 Å². The normalized spacial score (nSPS) is 14.0. The van der Waals surface area contributed by atoms with Gasteiger partial charge in [0.1, 0.15) is 0 Å². The third kappa shape index (κ3) is 3.60. The number of carbonyl (C=O) groups excluding carboxylic acids is 1. The smallest absolute Gasteiger partial charge is 0.153 e. The zero-order valence-corrected chi connectivity index (χ0v) is 2.94. The first-order valence-electron chi connectivity index (χ1n) is 1.36. The SMILES string of the molecule is C[C@H](F)C=O. The third-order valence-electron chi connectivity index (χ3n) is 0.188. The molecule has 0 spiro atoms. The number of hydrogen-bond donors (Lipinski definition) is 0. The van der Waals surface area contributed by atoms with Crippen molar-refractivity contribution < 1.29 is 9.18 Å². The maximum absolute atomic E-state index is 11.1. The van der Waals surface area contributed by atoms with Crippen LogP contribution in [0.1, 0.15) is 6.92 Å². The van der Waals surface area contributed by atoms with Gasteiger partial charge >= 0.3 is 0 Å². The van der Waals surface area contributed by atoms with Crippen LogP contribution in [0.4, 0.5) is 4.39 Å². The van der Waals surface area contributed by atoms with Crippen molar-refractivity contribution in [2.24, 2.45) is 0 Å². The van der Waals surface area contributed by atoms with Crippen molar-refractivity contribution in [3.05, 3.63) is 0 Å². The lowest BCUT2D eigenvalue weighted by molar-refractivity contribution is -0.111. The topological polar surface area (TPSA) is 17.1 Å². The van der Waals surface area contributed by atoms with Crippen LogP contribution in [0.2, 0.25) is 0 Å². The van der Waals surface area contributed by atoms with Gasteiger partial charge in [-0.25, -0.2) is 4.39 Å². The van der Waals surface area contributed by atoms with E-state index in [1.165, 1.54) is 6.92 Å². The maximum atomic E-state index is 11.1. The first-order valence-corrected chi connectivity index (χ1v) is 1.36. The van der Waals surface area contributed by atoms with E-state index in [1.54, 1.807) is 0 Å². The Kier molecular flexibility index (Phi) is 1.73. The lowest BCUT2D eigenvalue weighted by Gasteiger charge is -1.74. The first-order chi connectivity index (χ1) is 2.27. The fraction of sp³-hybridized carbons (Fsp3) is 0.667. The number of hydrogen-bond acceptors (Lipinski definition) is 1. The van der Waals surface area contributed by atoms with Gasteiger partial charge in [0.15, 0.2) is 12.5 Å². The Bertz CT molecular complexity index is 33.9. The molecule has 5 heavy (non-hydrogen) atoms. The van der Waals surface area contributed by atoms with E-state index in [1.807, 2.05) is 0 Å². The molecule has 0 N–H and O–H groups in total. The number of aldehydes is 1. The number of halogens is 1. The van der Waals surface area contributed by atoms with Crippen LogP contribution in [0.5, 0.6) is 0 Å². The van der Waals surface area contributed by atoms with E-state index in [9.17, 15) is 4.39 Å². The van der Waals surface area contributed by atoms with Gasteiger partial charge in [0, 0.05) is 0 Å². The van der Waals surface area contributed by atoms with Gasteiger partial charge in [0.25, 0.3) is 0 Å². The van der Waals surface area contributed by atoms with Crippen LogP contribution >= 0.6 is 0 Å². The van der Waals surface area contributed by atoms with Gasteiger partial charge in [-0.1, -0.05) is 0 Å². The minimum Gasteiger partial charge on any atom is -0.300 e. The predicted molar refractivity (Wildman–Crippen MR) is 16.6 cm³/mol. The molecule has 0 aliphatic rings. The molecule has 0 rings (SSSR count). The van der Waals surface area contributed by atoms with Gasteiger partial charge in [-0.3, -0.25) is 0 Å². The highest BCUT2D eigenvalue weighted by atomic mass is 19.1. The standard InChI is InChI=1S/C3H5FO/c1-3(4)2-5/h2-3H,1H3/t3-/m0/s1. The summed E-state index contributed by atoms with van der Waals surface area (Å²) in [7, 11) is 0. The Balaban J connectivity index is 2.83. The molecule has 0 saturated carbocycles. The lowest BCUT2D eigenvalue weighted by Crippen LogP contribution is -1.89. The summed E-state index contributed by atoms with van der Waals surface area (Å²) < 4.78 is 11.1. The highest BCUT2D eigenvalue weighted by Gasteiger charge is 1.85. The van der Waals surface area contributed by atoms with E-state index in [0.717, 1.165) is 0 Å². The summed E-state index contributed by atoms with van der Waals surface area (Å²) in [6, 6.07) is 0. The Hall–Kier alpha value is -0.400. The lowest BCUT2D eigenvalue weighted by atomic mass is 10.5. The van der Waals surface area contributed by atoms with Crippen LogP contribution in [-0.2, 0) is 4.79 Å². The predicted octanol–water partition coefficient (Wildman–Crippen LogP) is 0.543. The molecule has 0 fully saturated rings. The highest BCUT2D eigenvalue weighted by molar-refractivity contribution is 5.54. The van der Waals surface area contributed by atoms with E-state index < -0.39 is 6.17 Å². The van der Waals surface area contributed by atoms with Crippen molar-refractivity contribution in [3.63, 3.8) is 0 Å². The number of rotatable bonds is 1. The minimum absolute atomic E-state index is 0.250. The molecule has 0 heterocycles. The van der Waals surface area contributed by atoms with Crippen LogP contribution in [0.3, 0.4) is 0 Å². The quantitative estimate of drug-likeness (QED) is 0.417. The molecule has 0 aromatic rings. The molecule has 0 aromatic carbocycles. The van der Waals surface area contributed by atoms with Gasteiger partial charge in [-0.15, -0.1) is 0 Å². The largest absolute Gasteiger partial charge is 0.300 e. The van der Waals surface area contributed by atoms with Crippen molar-refractivity contribution in [1.29, 1.82) is 0 Å². The van der Waals surface area contributed by atoms with E-state index in [2.05, 4.69) is 0 Å². The Morgan fingerprint density at radius 3 is 2.20 bits per heavy atom. The van der Waals surface area contributed by atoms with Crippen LogP contribution < -0.4 is 0 Å². The van der Waals surface area contributed by atoms with Gasteiger partial charge in [-0.2, -0.15) is 0 Å². The molecule has 0 aliphatic heterocycles. The molecule has 1 nitrogen and oxygen atoms in total. The van der Waals surface area contributed by atoms with Gasteiger partial charge in [0.2, 0.25) is 0 Å². The molecule has 2 heteroatoms. The Morgan fingerprint density at radius 1 is 2.00 bits per heavy atom. The maximum Gasteiger partial charge on any atom is 0.153 e. The summed E-state index contributed by atoms with van der Waals surface area (Å²) in [6.07, 6.45) is -1.05. The second-order valence-electron chi connectivity index (χ2n) is 0.814. The Labute approximate surface area is 29.8 Å².